The summed E-state index contributed by atoms with van der Waals surface area (Å²) in [4.78, 5) is 47.4. The van der Waals surface area contributed by atoms with E-state index >= 15 is 8.78 Å². The molecule has 52 heavy (non-hydrogen) atoms. The van der Waals surface area contributed by atoms with E-state index in [4.69, 9.17) is 4.74 Å². The van der Waals surface area contributed by atoms with Gasteiger partial charge in [-0.05, 0) is 122 Å². The molecular weight excluding hydrogens is 732 g/mol. The Bertz CT molecular complexity index is 2190. The van der Waals surface area contributed by atoms with Gasteiger partial charge in [0.05, 0.1) is 28.6 Å². The highest BCUT2D eigenvalue weighted by Crippen LogP contribution is 2.46. The predicted molar refractivity (Wildman–Crippen MR) is 197 cm³/mol. The smallest absolute Gasteiger partial charge is 0.281 e. The van der Waals surface area contributed by atoms with Crippen molar-refractivity contribution in [1.82, 2.24) is 14.5 Å². The fraction of sp³-hybridized carbons (Fsp3) is 0.450. The summed E-state index contributed by atoms with van der Waals surface area (Å²) < 4.78 is 39.6. The molecule has 9 nitrogen and oxygen atoms in total. The molecule has 0 aliphatic carbocycles. The number of imide groups is 1. The van der Waals surface area contributed by atoms with Gasteiger partial charge in [-0.25, -0.2) is 13.7 Å². The lowest BCUT2D eigenvalue weighted by Gasteiger charge is -2.48. The summed E-state index contributed by atoms with van der Waals surface area (Å²) in [7, 11) is 0. The summed E-state index contributed by atoms with van der Waals surface area (Å²) in [6.07, 6.45) is 3.59. The SMILES string of the molecule is CC1(C)c2ccc(C3CCN(CC4COC5(C4)CN(c4cc(F)c(N6C(=O)CCCC6=O)c(F)c4)C5)CC3)cc2-n2c1nc(=O)c1c(Br)cccc12. The van der Waals surface area contributed by atoms with Crippen LogP contribution in [0.1, 0.15) is 75.2 Å². The average molecular weight is 773 g/mol. The fourth-order valence-electron chi connectivity index (χ4n) is 9.40. The van der Waals surface area contributed by atoms with Gasteiger partial charge in [-0.3, -0.25) is 19.0 Å². The Morgan fingerprint density at radius 2 is 1.67 bits per heavy atom. The standard InChI is InChI=1S/C40H40BrF2N5O4/c1-39(2)27-10-9-25(15-32(27)47-31-6-3-5-28(41)35(31)37(51)44-38(39)47)24-11-13-45(14-12-24)19-23-18-40(52-20-23)21-46(22-40)26-16-29(42)36(30(43)17-26)48-33(49)7-4-8-34(48)50/h3,5-6,9-10,15-17,23-24H,4,7-8,11-14,18-22H2,1-2H3. The van der Waals surface area contributed by atoms with Gasteiger partial charge >= 0.3 is 0 Å². The van der Waals surface area contributed by atoms with E-state index in [0.29, 0.717) is 53.9 Å². The molecule has 1 unspecified atom stereocenters. The molecular formula is C40H40BrF2N5O4. The minimum absolute atomic E-state index is 0.0969. The van der Waals surface area contributed by atoms with Crippen LogP contribution < -0.4 is 15.4 Å². The van der Waals surface area contributed by atoms with Crippen molar-refractivity contribution in [2.24, 2.45) is 5.92 Å². The number of amides is 2. The number of carbonyl (C=O) groups is 2. The number of carbonyl (C=O) groups excluding carboxylic acids is 2. The molecule has 0 bridgehead atoms. The van der Waals surface area contributed by atoms with E-state index < -0.39 is 34.6 Å². The van der Waals surface area contributed by atoms with Crippen LogP contribution >= 0.6 is 15.9 Å². The molecule has 0 radical (unpaired) electrons. The highest BCUT2D eigenvalue weighted by atomic mass is 79.9. The van der Waals surface area contributed by atoms with Gasteiger partial charge in [0.2, 0.25) is 11.8 Å². The Morgan fingerprint density at radius 3 is 2.38 bits per heavy atom. The molecule has 4 fully saturated rings. The van der Waals surface area contributed by atoms with Gasteiger partial charge < -0.3 is 14.5 Å². The number of benzene rings is 3. The van der Waals surface area contributed by atoms with E-state index in [1.807, 2.05) is 23.1 Å². The highest BCUT2D eigenvalue weighted by Gasteiger charge is 2.50. The summed E-state index contributed by atoms with van der Waals surface area (Å²) in [5, 5.41) is 0.600. The second kappa shape index (κ2) is 12.3. The molecule has 4 saturated heterocycles. The number of anilines is 2. The number of likely N-dealkylation sites (tertiary alicyclic amines) is 1. The lowest BCUT2D eigenvalue weighted by Crippen LogP contribution is -2.62. The van der Waals surface area contributed by atoms with E-state index in [1.165, 1.54) is 23.3 Å². The molecule has 5 aliphatic heterocycles. The van der Waals surface area contributed by atoms with Crippen LogP contribution in [0.5, 0.6) is 0 Å². The Kier molecular flexibility index (Phi) is 7.98. The quantitative estimate of drug-likeness (QED) is 0.212. The molecule has 5 aliphatic rings. The zero-order valence-electron chi connectivity index (χ0n) is 29.3. The first-order valence-electron chi connectivity index (χ1n) is 18.3. The van der Waals surface area contributed by atoms with Crippen molar-refractivity contribution in [3.05, 3.63) is 91.9 Å². The summed E-state index contributed by atoms with van der Waals surface area (Å²) in [5.41, 5.74) is 3.35. The Balaban J connectivity index is 0.831. The zero-order chi connectivity index (χ0) is 36.1. The number of halogens is 3. The lowest BCUT2D eigenvalue weighted by molar-refractivity contribution is -0.129. The molecule has 1 aromatic heterocycles. The third kappa shape index (κ3) is 5.35. The molecule has 4 aromatic rings. The number of nitrogens with zero attached hydrogens (tertiary/aromatic N) is 5. The molecule has 9 rings (SSSR count). The largest absolute Gasteiger partial charge is 0.371 e. The number of ether oxygens (including phenoxy) is 1. The van der Waals surface area contributed by atoms with Gasteiger partial charge in [0.25, 0.3) is 5.56 Å². The van der Waals surface area contributed by atoms with Crippen molar-refractivity contribution in [3.8, 4) is 5.69 Å². The summed E-state index contributed by atoms with van der Waals surface area (Å²) in [6.45, 7) is 8.97. The van der Waals surface area contributed by atoms with E-state index in [2.05, 4.69) is 62.4 Å². The van der Waals surface area contributed by atoms with Crippen molar-refractivity contribution in [2.45, 2.75) is 69.3 Å². The molecule has 12 heteroatoms. The number of hydrogen-bond donors (Lipinski definition) is 0. The second-order valence-corrected chi connectivity index (χ2v) is 16.7. The van der Waals surface area contributed by atoms with Crippen molar-refractivity contribution < 1.29 is 23.1 Å². The maximum Gasteiger partial charge on any atom is 0.281 e. The number of aromatic nitrogens is 2. The second-order valence-electron chi connectivity index (χ2n) is 15.8. The topological polar surface area (TPSA) is 88.0 Å². The first kappa shape index (κ1) is 33.8. The van der Waals surface area contributed by atoms with Gasteiger partial charge in [0.1, 0.15) is 17.1 Å². The zero-order valence-corrected chi connectivity index (χ0v) is 30.8. The maximum absolute atomic E-state index is 15.2. The van der Waals surface area contributed by atoms with Gasteiger partial charge in [0, 0.05) is 42.6 Å². The van der Waals surface area contributed by atoms with Crippen molar-refractivity contribution in [2.75, 3.05) is 49.1 Å². The minimum atomic E-state index is -0.906. The average Bonchev–Trinajstić information content (AvgIpc) is 3.61. The predicted octanol–water partition coefficient (Wildman–Crippen LogP) is 6.58. The van der Waals surface area contributed by atoms with Crippen LogP contribution in [0.25, 0.3) is 16.6 Å². The molecule has 1 spiro atoms. The number of piperidine rings is 2. The summed E-state index contributed by atoms with van der Waals surface area (Å²) in [6, 6.07) is 15.1. The number of fused-ring (bicyclic) bond motifs is 5. The maximum atomic E-state index is 15.2. The third-order valence-electron chi connectivity index (χ3n) is 12.1. The van der Waals surface area contributed by atoms with E-state index in [0.717, 1.165) is 60.4 Å². The van der Waals surface area contributed by atoms with Crippen LogP contribution in [0.15, 0.2) is 57.8 Å². The monoisotopic (exact) mass is 771 g/mol. The van der Waals surface area contributed by atoms with E-state index in [-0.39, 0.29) is 24.0 Å². The minimum Gasteiger partial charge on any atom is -0.371 e. The van der Waals surface area contributed by atoms with E-state index in [9.17, 15) is 14.4 Å². The van der Waals surface area contributed by atoms with Crippen molar-refractivity contribution >= 4 is 50.0 Å². The lowest BCUT2D eigenvalue weighted by atomic mass is 9.82. The molecule has 0 saturated carbocycles. The number of rotatable bonds is 5. The van der Waals surface area contributed by atoms with Crippen molar-refractivity contribution in [1.29, 1.82) is 0 Å². The molecule has 1 atom stereocenters. The van der Waals surface area contributed by atoms with Crippen LogP contribution in [0, 0.1) is 17.6 Å². The van der Waals surface area contributed by atoms with Gasteiger partial charge in [-0.15, -0.1) is 0 Å². The Morgan fingerprint density at radius 1 is 0.962 bits per heavy atom. The Hall–Kier alpha value is -4.00. The van der Waals surface area contributed by atoms with Crippen LogP contribution in [-0.4, -0.2) is 71.2 Å². The van der Waals surface area contributed by atoms with Crippen LogP contribution in [0.2, 0.25) is 0 Å². The van der Waals surface area contributed by atoms with Crippen LogP contribution in [0.3, 0.4) is 0 Å². The van der Waals surface area contributed by atoms with Gasteiger partial charge in [0.15, 0.2) is 11.6 Å². The first-order chi connectivity index (χ1) is 24.9. The Labute approximate surface area is 308 Å². The van der Waals surface area contributed by atoms with E-state index in [1.54, 1.807) is 0 Å². The van der Waals surface area contributed by atoms with Crippen molar-refractivity contribution in [3.63, 3.8) is 0 Å². The van der Waals surface area contributed by atoms with Gasteiger partial charge in [-0.2, -0.15) is 4.98 Å². The molecule has 2 amide bonds. The van der Waals surface area contributed by atoms with Crippen LogP contribution in [-0.2, 0) is 19.7 Å². The molecule has 3 aromatic carbocycles. The fourth-order valence-corrected chi connectivity index (χ4v) is 9.93. The summed E-state index contributed by atoms with van der Waals surface area (Å²) in [5.74, 6) is -1.36. The molecule has 0 N–H and O–H groups in total. The molecule has 6 heterocycles. The van der Waals surface area contributed by atoms with Gasteiger partial charge in [-0.1, -0.05) is 18.2 Å². The highest BCUT2D eigenvalue weighted by molar-refractivity contribution is 9.10. The number of hydrogen-bond acceptors (Lipinski definition) is 7. The molecule has 270 valence electrons. The third-order valence-corrected chi connectivity index (χ3v) is 12.7. The van der Waals surface area contributed by atoms with Crippen LogP contribution in [0.4, 0.5) is 20.2 Å². The first-order valence-corrected chi connectivity index (χ1v) is 19.0. The summed E-state index contributed by atoms with van der Waals surface area (Å²) >= 11 is 3.57. The normalized spacial score (nSPS) is 22.7.